The molecular weight excluding hydrogens is 190 g/mol. The van der Waals surface area contributed by atoms with Gasteiger partial charge in [-0.3, -0.25) is 0 Å². The number of pyridine rings is 1. The molecule has 0 aliphatic heterocycles. The molecule has 4 heteroatoms. The van der Waals surface area contributed by atoms with Crippen LogP contribution in [0.4, 0.5) is 0 Å². The summed E-state index contributed by atoms with van der Waals surface area (Å²) >= 11 is 5.69. The van der Waals surface area contributed by atoms with Crippen LogP contribution in [0.1, 0.15) is 24.2 Å². The molecule has 0 N–H and O–H groups in total. The Bertz CT molecular complexity index is 312. The normalized spacial score (nSPS) is 10.2. The first-order chi connectivity index (χ1) is 6.11. The van der Waals surface area contributed by atoms with Crippen LogP contribution < -0.4 is 0 Å². The molecule has 3 nitrogen and oxygen atoms in total. The molecule has 0 spiro atoms. The van der Waals surface area contributed by atoms with Crippen LogP contribution in [0.5, 0.6) is 0 Å². The van der Waals surface area contributed by atoms with E-state index in [2.05, 4.69) is 4.98 Å². The van der Waals surface area contributed by atoms with Gasteiger partial charge >= 0.3 is 5.97 Å². The zero-order valence-electron chi connectivity index (χ0n) is 7.45. The van der Waals surface area contributed by atoms with E-state index >= 15 is 0 Å². The number of aromatic nitrogens is 1. The van der Waals surface area contributed by atoms with Crippen LogP contribution in [-0.4, -0.2) is 17.1 Å². The molecule has 0 saturated heterocycles. The molecular formula is C9H10ClNO2. The summed E-state index contributed by atoms with van der Waals surface area (Å²) in [6.07, 6.45) is 1.37. The first kappa shape index (κ1) is 9.99. The highest BCUT2D eigenvalue weighted by molar-refractivity contribution is 6.32. The van der Waals surface area contributed by atoms with Gasteiger partial charge in [-0.15, -0.1) is 0 Å². The molecule has 0 aromatic carbocycles. The highest BCUT2D eigenvalue weighted by Crippen LogP contribution is 2.13. The Morgan fingerprint density at radius 2 is 2.31 bits per heavy atom. The number of rotatable bonds is 2. The SMILES string of the molecule is CC(C)OC(=O)c1cccnc1Cl. The monoisotopic (exact) mass is 199 g/mol. The number of esters is 1. The molecule has 0 bridgehead atoms. The van der Waals surface area contributed by atoms with Crippen molar-refractivity contribution in [3.05, 3.63) is 29.0 Å². The van der Waals surface area contributed by atoms with Crippen LogP contribution in [0.2, 0.25) is 5.15 Å². The number of nitrogens with zero attached hydrogens (tertiary/aromatic N) is 1. The van der Waals surface area contributed by atoms with Gasteiger partial charge in [0.2, 0.25) is 0 Å². The lowest BCUT2D eigenvalue weighted by atomic mass is 10.3. The number of carbonyl (C=O) groups excluding carboxylic acids is 1. The highest BCUT2D eigenvalue weighted by Gasteiger charge is 2.12. The van der Waals surface area contributed by atoms with E-state index in [4.69, 9.17) is 16.3 Å². The Hall–Kier alpha value is -1.09. The maximum atomic E-state index is 11.3. The van der Waals surface area contributed by atoms with Crippen LogP contribution in [0.15, 0.2) is 18.3 Å². The fourth-order valence-corrected chi connectivity index (χ4v) is 1.01. The minimum Gasteiger partial charge on any atom is -0.459 e. The maximum Gasteiger partial charge on any atom is 0.341 e. The fraction of sp³-hybridized carbons (Fsp3) is 0.333. The molecule has 1 heterocycles. The van der Waals surface area contributed by atoms with Crippen molar-refractivity contribution in [3.63, 3.8) is 0 Å². The average molecular weight is 200 g/mol. The molecule has 0 unspecified atom stereocenters. The standard InChI is InChI=1S/C9H10ClNO2/c1-6(2)13-9(12)7-4-3-5-11-8(7)10/h3-6H,1-2H3. The van der Waals surface area contributed by atoms with Gasteiger partial charge in [-0.25, -0.2) is 9.78 Å². The summed E-state index contributed by atoms with van der Waals surface area (Å²) in [5.74, 6) is -0.437. The largest absolute Gasteiger partial charge is 0.459 e. The summed E-state index contributed by atoms with van der Waals surface area (Å²) in [5.41, 5.74) is 0.304. The van der Waals surface area contributed by atoms with Crippen molar-refractivity contribution in [1.82, 2.24) is 4.98 Å². The van der Waals surface area contributed by atoms with Crippen LogP contribution in [0, 0.1) is 0 Å². The van der Waals surface area contributed by atoms with Gasteiger partial charge in [0.15, 0.2) is 0 Å². The Morgan fingerprint density at radius 3 is 2.85 bits per heavy atom. The van der Waals surface area contributed by atoms with E-state index in [-0.39, 0.29) is 11.3 Å². The van der Waals surface area contributed by atoms with Gasteiger partial charge in [0.05, 0.1) is 11.7 Å². The summed E-state index contributed by atoms with van der Waals surface area (Å²) in [7, 11) is 0. The van der Waals surface area contributed by atoms with Crippen molar-refractivity contribution >= 4 is 17.6 Å². The number of carbonyl (C=O) groups is 1. The van der Waals surface area contributed by atoms with E-state index < -0.39 is 5.97 Å². The van der Waals surface area contributed by atoms with Crippen molar-refractivity contribution in [2.24, 2.45) is 0 Å². The van der Waals surface area contributed by atoms with Gasteiger partial charge in [0.1, 0.15) is 5.15 Å². The molecule has 0 amide bonds. The predicted octanol–water partition coefficient (Wildman–Crippen LogP) is 2.30. The molecule has 1 aromatic heterocycles. The molecule has 0 aliphatic rings. The second-order valence-corrected chi connectivity index (χ2v) is 3.15. The van der Waals surface area contributed by atoms with Gasteiger partial charge in [0, 0.05) is 6.20 Å². The van der Waals surface area contributed by atoms with Crippen LogP contribution in [0.3, 0.4) is 0 Å². The third-order valence-electron chi connectivity index (χ3n) is 1.32. The highest BCUT2D eigenvalue weighted by atomic mass is 35.5. The van der Waals surface area contributed by atoms with E-state index in [0.717, 1.165) is 0 Å². The summed E-state index contributed by atoms with van der Waals surface area (Å²) in [4.78, 5) is 15.1. The van der Waals surface area contributed by atoms with E-state index in [0.29, 0.717) is 5.56 Å². The third kappa shape index (κ3) is 2.70. The molecule has 0 fully saturated rings. The smallest absolute Gasteiger partial charge is 0.341 e. The fourth-order valence-electron chi connectivity index (χ4n) is 0.816. The maximum absolute atomic E-state index is 11.3. The van der Waals surface area contributed by atoms with Gasteiger partial charge in [-0.05, 0) is 26.0 Å². The van der Waals surface area contributed by atoms with Gasteiger partial charge in [-0.1, -0.05) is 11.6 Å². The van der Waals surface area contributed by atoms with E-state index in [1.807, 2.05) is 0 Å². The number of halogens is 1. The molecule has 1 aromatic rings. The zero-order valence-corrected chi connectivity index (χ0v) is 8.21. The van der Waals surface area contributed by atoms with Crippen LogP contribution in [0.25, 0.3) is 0 Å². The number of hydrogen-bond donors (Lipinski definition) is 0. The lowest BCUT2D eigenvalue weighted by Crippen LogP contribution is -2.12. The van der Waals surface area contributed by atoms with Gasteiger partial charge < -0.3 is 4.74 Å². The lowest BCUT2D eigenvalue weighted by molar-refractivity contribution is 0.0377. The Kier molecular flexibility index (Phi) is 3.25. The van der Waals surface area contributed by atoms with Gasteiger partial charge in [0.25, 0.3) is 0 Å². The van der Waals surface area contributed by atoms with E-state index in [1.165, 1.54) is 6.20 Å². The molecule has 0 radical (unpaired) electrons. The molecule has 70 valence electrons. The van der Waals surface area contributed by atoms with Crippen molar-refractivity contribution in [2.75, 3.05) is 0 Å². The summed E-state index contributed by atoms with van der Waals surface area (Å²) in [6, 6.07) is 3.23. The molecule has 1 rings (SSSR count). The molecule has 13 heavy (non-hydrogen) atoms. The minimum atomic E-state index is -0.437. The zero-order chi connectivity index (χ0) is 9.84. The number of hydrogen-bond acceptors (Lipinski definition) is 3. The first-order valence-corrected chi connectivity index (χ1v) is 4.30. The topological polar surface area (TPSA) is 39.2 Å². The Morgan fingerprint density at radius 1 is 1.62 bits per heavy atom. The third-order valence-corrected chi connectivity index (χ3v) is 1.62. The second-order valence-electron chi connectivity index (χ2n) is 2.80. The Balaban J connectivity index is 2.83. The minimum absolute atomic E-state index is 0.149. The van der Waals surface area contributed by atoms with Crippen LogP contribution in [-0.2, 0) is 4.74 Å². The van der Waals surface area contributed by atoms with E-state index in [9.17, 15) is 4.79 Å². The van der Waals surface area contributed by atoms with E-state index in [1.54, 1.807) is 26.0 Å². The molecule has 0 saturated carbocycles. The summed E-state index contributed by atoms with van der Waals surface area (Å²) < 4.78 is 4.95. The quantitative estimate of drug-likeness (QED) is 0.542. The predicted molar refractivity (Wildman–Crippen MR) is 49.8 cm³/mol. The van der Waals surface area contributed by atoms with Crippen molar-refractivity contribution in [1.29, 1.82) is 0 Å². The summed E-state index contributed by atoms with van der Waals surface area (Å²) in [6.45, 7) is 3.56. The summed E-state index contributed by atoms with van der Waals surface area (Å²) in [5, 5.41) is 0.174. The number of ether oxygens (including phenoxy) is 1. The lowest BCUT2D eigenvalue weighted by Gasteiger charge is -2.07. The average Bonchev–Trinajstić information content (AvgIpc) is 2.03. The van der Waals surface area contributed by atoms with Gasteiger partial charge in [-0.2, -0.15) is 0 Å². The Labute approximate surface area is 81.7 Å². The molecule has 0 atom stereocenters. The first-order valence-electron chi connectivity index (χ1n) is 3.92. The second kappa shape index (κ2) is 4.23. The van der Waals surface area contributed by atoms with Crippen molar-refractivity contribution in [2.45, 2.75) is 20.0 Å². The van der Waals surface area contributed by atoms with Crippen molar-refractivity contribution in [3.8, 4) is 0 Å². The van der Waals surface area contributed by atoms with Crippen LogP contribution >= 0.6 is 11.6 Å². The van der Waals surface area contributed by atoms with Crippen molar-refractivity contribution < 1.29 is 9.53 Å². The molecule has 0 aliphatic carbocycles.